The average Bonchev–Trinajstić information content (AvgIpc) is 2.52. The zero-order valence-corrected chi connectivity index (χ0v) is 12.5. The lowest BCUT2D eigenvalue weighted by atomic mass is 10.0. The number of hydrogen-bond acceptors (Lipinski definition) is 2. The highest BCUT2D eigenvalue weighted by Gasteiger charge is 2.17. The van der Waals surface area contributed by atoms with E-state index in [4.69, 9.17) is 5.73 Å². The fourth-order valence-electron chi connectivity index (χ4n) is 2.96. The number of guanidine groups is 1. The highest BCUT2D eigenvalue weighted by molar-refractivity contribution is 5.82. The SMILES string of the molecule is CC1CCCN(C(N)=NCc2cccc3cccnc23)C1. The Hall–Kier alpha value is -2.10. The smallest absolute Gasteiger partial charge is 0.191 e. The number of benzene rings is 1. The van der Waals surface area contributed by atoms with E-state index in [0.717, 1.165) is 29.6 Å². The second-order valence-electron chi connectivity index (χ2n) is 5.86. The lowest BCUT2D eigenvalue weighted by molar-refractivity contribution is 0.270. The van der Waals surface area contributed by atoms with Crippen LogP contribution in [0.5, 0.6) is 0 Å². The minimum atomic E-state index is 0.588. The van der Waals surface area contributed by atoms with Gasteiger partial charge in [0.05, 0.1) is 12.1 Å². The Bertz CT molecular complexity index is 645. The molecule has 2 N–H and O–H groups in total. The van der Waals surface area contributed by atoms with E-state index in [9.17, 15) is 0 Å². The van der Waals surface area contributed by atoms with Gasteiger partial charge >= 0.3 is 0 Å². The van der Waals surface area contributed by atoms with E-state index in [1.807, 2.05) is 18.3 Å². The van der Waals surface area contributed by atoms with Crippen molar-refractivity contribution >= 4 is 16.9 Å². The molecule has 1 aromatic heterocycles. The van der Waals surface area contributed by atoms with Gasteiger partial charge in [0.1, 0.15) is 0 Å². The van der Waals surface area contributed by atoms with Crippen molar-refractivity contribution in [2.75, 3.05) is 13.1 Å². The number of fused-ring (bicyclic) bond motifs is 1. The largest absolute Gasteiger partial charge is 0.370 e. The van der Waals surface area contributed by atoms with E-state index in [0.29, 0.717) is 18.4 Å². The Kier molecular flexibility index (Phi) is 4.04. The standard InChI is InChI=1S/C17H22N4/c1-13-5-4-10-21(12-13)17(18)20-11-15-7-2-6-14-8-3-9-19-16(14)15/h2-3,6-9,13H,4-5,10-12H2,1H3,(H2,18,20). The molecule has 3 rings (SSSR count). The summed E-state index contributed by atoms with van der Waals surface area (Å²) in [5, 5.41) is 1.15. The number of aromatic nitrogens is 1. The Labute approximate surface area is 125 Å². The van der Waals surface area contributed by atoms with Crippen LogP contribution in [0.3, 0.4) is 0 Å². The van der Waals surface area contributed by atoms with E-state index in [-0.39, 0.29) is 0 Å². The van der Waals surface area contributed by atoms with Crippen molar-refractivity contribution in [1.29, 1.82) is 0 Å². The van der Waals surface area contributed by atoms with Gasteiger partial charge in [0.15, 0.2) is 5.96 Å². The van der Waals surface area contributed by atoms with Gasteiger partial charge in [-0.05, 0) is 30.4 Å². The monoisotopic (exact) mass is 282 g/mol. The van der Waals surface area contributed by atoms with E-state index in [1.54, 1.807) is 0 Å². The second kappa shape index (κ2) is 6.12. The molecule has 1 fully saturated rings. The average molecular weight is 282 g/mol. The van der Waals surface area contributed by atoms with Gasteiger partial charge in [-0.3, -0.25) is 4.98 Å². The Morgan fingerprint density at radius 2 is 2.24 bits per heavy atom. The zero-order valence-electron chi connectivity index (χ0n) is 12.5. The summed E-state index contributed by atoms with van der Waals surface area (Å²) in [6.45, 7) is 4.90. The molecule has 0 saturated carbocycles. The summed E-state index contributed by atoms with van der Waals surface area (Å²) in [5.74, 6) is 1.36. The van der Waals surface area contributed by atoms with E-state index >= 15 is 0 Å². The normalized spacial score (nSPS) is 20.0. The van der Waals surface area contributed by atoms with Crippen molar-refractivity contribution in [1.82, 2.24) is 9.88 Å². The van der Waals surface area contributed by atoms with Crippen LogP contribution >= 0.6 is 0 Å². The first-order valence-electron chi connectivity index (χ1n) is 7.61. The third-order valence-electron chi connectivity index (χ3n) is 4.11. The molecule has 0 spiro atoms. The number of hydrogen-bond donors (Lipinski definition) is 1. The summed E-state index contributed by atoms with van der Waals surface area (Å²) in [7, 11) is 0. The van der Waals surface area contributed by atoms with Gasteiger partial charge in [-0.15, -0.1) is 0 Å². The number of likely N-dealkylation sites (tertiary alicyclic amines) is 1. The molecule has 0 aliphatic carbocycles. The van der Waals surface area contributed by atoms with E-state index in [2.05, 4.69) is 40.0 Å². The fourth-order valence-corrected chi connectivity index (χ4v) is 2.96. The summed E-state index contributed by atoms with van der Waals surface area (Å²) in [4.78, 5) is 11.2. The molecule has 0 bridgehead atoms. The number of nitrogens with two attached hydrogens (primary N) is 1. The van der Waals surface area contributed by atoms with Crippen molar-refractivity contribution in [2.24, 2.45) is 16.6 Å². The molecular weight excluding hydrogens is 260 g/mol. The molecule has 2 aromatic rings. The maximum atomic E-state index is 6.16. The number of para-hydroxylation sites is 1. The first-order valence-corrected chi connectivity index (χ1v) is 7.61. The molecule has 110 valence electrons. The molecule has 1 aliphatic heterocycles. The fraction of sp³-hybridized carbons (Fsp3) is 0.412. The van der Waals surface area contributed by atoms with Gasteiger partial charge in [0.25, 0.3) is 0 Å². The van der Waals surface area contributed by atoms with Crippen molar-refractivity contribution in [2.45, 2.75) is 26.3 Å². The first-order chi connectivity index (χ1) is 10.2. The molecule has 0 radical (unpaired) electrons. The third-order valence-corrected chi connectivity index (χ3v) is 4.11. The predicted octanol–water partition coefficient (Wildman–Crippen LogP) is 2.78. The molecule has 1 atom stereocenters. The van der Waals surface area contributed by atoms with Gasteiger partial charge < -0.3 is 10.6 Å². The maximum Gasteiger partial charge on any atom is 0.191 e. The lowest BCUT2D eigenvalue weighted by Gasteiger charge is -2.31. The molecule has 4 nitrogen and oxygen atoms in total. The first kappa shape index (κ1) is 13.9. The summed E-state index contributed by atoms with van der Waals surface area (Å²) in [5.41, 5.74) is 8.30. The van der Waals surface area contributed by atoms with Gasteiger partial charge in [0.2, 0.25) is 0 Å². The second-order valence-corrected chi connectivity index (χ2v) is 5.86. The number of piperidine rings is 1. The molecule has 21 heavy (non-hydrogen) atoms. The van der Waals surface area contributed by atoms with Crippen LogP contribution in [-0.2, 0) is 6.54 Å². The molecule has 1 aromatic carbocycles. The van der Waals surface area contributed by atoms with Crippen molar-refractivity contribution in [3.8, 4) is 0 Å². The highest BCUT2D eigenvalue weighted by atomic mass is 15.3. The number of rotatable bonds is 2. The van der Waals surface area contributed by atoms with Gasteiger partial charge in [0, 0.05) is 24.7 Å². The lowest BCUT2D eigenvalue weighted by Crippen LogP contribution is -2.43. The van der Waals surface area contributed by atoms with Crippen LogP contribution in [0.4, 0.5) is 0 Å². The van der Waals surface area contributed by atoms with Crippen LogP contribution in [0.1, 0.15) is 25.3 Å². The Morgan fingerprint density at radius 3 is 3.10 bits per heavy atom. The molecule has 1 saturated heterocycles. The summed E-state index contributed by atoms with van der Waals surface area (Å²) >= 11 is 0. The molecule has 1 unspecified atom stereocenters. The van der Waals surface area contributed by atoms with Crippen molar-refractivity contribution < 1.29 is 0 Å². The summed E-state index contributed by atoms with van der Waals surface area (Å²) in [6.07, 6.45) is 4.31. The minimum Gasteiger partial charge on any atom is -0.370 e. The predicted molar refractivity (Wildman–Crippen MR) is 87.0 cm³/mol. The van der Waals surface area contributed by atoms with E-state index in [1.165, 1.54) is 12.8 Å². The van der Waals surface area contributed by atoms with Crippen LogP contribution in [-0.4, -0.2) is 28.9 Å². The quantitative estimate of drug-likeness (QED) is 0.680. The van der Waals surface area contributed by atoms with Crippen LogP contribution in [0.25, 0.3) is 10.9 Å². The topological polar surface area (TPSA) is 54.5 Å². The van der Waals surface area contributed by atoms with Gasteiger partial charge in [-0.25, -0.2) is 4.99 Å². The van der Waals surface area contributed by atoms with Crippen LogP contribution in [0.15, 0.2) is 41.5 Å². The number of pyridine rings is 1. The molecular formula is C17H22N4. The van der Waals surface area contributed by atoms with Gasteiger partial charge in [-0.1, -0.05) is 31.2 Å². The van der Waals surface area contributed by atoms with E-state index < -0.39 is 0 Å². The maximum absolute atomic E-state index is 6.16. The van der Waals surface area contributed by atoms with Crippen molar-refractivity contribution in [3.63, 3.8) is 0 Å². The van der Waals surface area contributed by atoms with Crippen molar-refractivity contribution in [3.05, 3.63) is 42.1 Å². The Balaban J connectivity index is 1.77. The zero-order chi connectivity index (χ0) is 14.7. The van der Waals surface area contributed by atoms with Crippen LogP contribution in [0, 0.1) is 5.92 Å². The van der Waals surface area contributed by atoms with Crippen LogP contribution < -0.4 is 5.73 Å². The Morgan fingerprint density at radius 1 is 1.38 bits per heavy atom. The minimum absolute atomic E-state index is 0.588. The molecule has 2 heterocycles. The highest BCUT2D eigenvalue weighted by Crippen LogP contribution is 2.18. The number of nitrogens with zero attached hydrogens (tertiary/aromatic N) is 3. The third kappa shape index (κ3) is 3.15. The summed E-state index contributed by atoms with van der Waals surface area (Å²) in [6, 6.07) is 10.2. The van der Waals surface area contributed by atoms with Crippen LogP contribution in [0.2, 0.25) is 0 Å². The molecule has 4 heteroatoms. The summed E-state index contributed by atoms with van der Waals surface area (Å²) < 4.78 is 0. The molecule has 0 amide bonds. The van der Waals surface area contributed by atoms with Gasteiger partial charge in [-0.2, -0.15) is 0 Å². The number of aliphatic imine (C=N–C) groups is 1. The molecule has 1 aliphatic rings.